The van der Waals surface area contributed by atoms with Crippen molar-refractivity contribution in [3.05, 3.63) is 36.0 Å². The number of carbonyl (C=O) groups is 1. The highest BCUT2D eigenvalue weighted by molar-refractivity contribution is 5.84. The van der Waals surface area contributed by atoms with Gasteiger partial charge in [-0.15, -0.1) is 0 Å². The van der Waals surface area contributed by atoms with Crippen LogP contribution in [0, 0.1) is 0 Å². The van der Waals surface area contributed by atoms with E-state index >= 15 is 0 Å². The molecule has 78 valence electrons. The van der Waals surface area contributed by atoms with E-state index in [2.05, 4.69) is 4.98 Å². The molecule has 4 N–H and O–H groups in total. The summed E-state index contributed by atoms with van der Waals surface area (Å²) in [7, 11) is 0. The zero-order chi connectivity index (χ0) is 11.8. The van der Waals surface area contributed by atoms with Gasteiger partial charge in [0.25, 0.3) is 0 Å². The maximum atomic E-state index is 10.8. The molecule has 0 unspecified atom stereocenters. The Morgan fingerprint density at radius 2 is 2.33 bits per heavy atom. The van der Waals surface area contributed by atoms with Crippen LogP contribution in [-0.4, -0.2) is 22.1 Å². The highest BCUT2D eigenvalue weighted by atomic mass is 16.4. The second-order valence-electron chi connectivity index (χ2n) is 3.37. The molecule has 0 spiro atoms. The van der Waals surface area contributed by atoms with Crippen LogP contribution < -0.4 is 5.73 Å². The summed E-state index contributed by atoms with van der Waals surface area (Å²) in [6.45, 7) is 0. The van der Waals surface area contributed by atoms with E-state index in [1.165, 1.54) is 0 Å². The minimum atomic E-state index is -1.98. The Hall–Kier alpha value is -1.81. The maximum Gasteiger partial charge on any atom is 0.320 e. The molecule has 2 rings (SSSR count). The normalized spacial score (nSPS) is 15.9. The van der Waals surface area contributed by atoms with Gasteiger partial charge in [-0.1, -0.05) is 18.2 Å². The summed E-state index contributed by atoms with van der Waals surface area (Å²) >= 11 is 0. The van der Waals surface area contributed by atoms with Gasteiger partial charge in [0.1, 0.15) is 6.02 Å². The van der Waals surface area contributed by atoms with Gasteiger partial charge in [-0.2, -0.15) is 0 Å². The monoisotopic (exact) mass is 206 g/mol. The summed E-state index contributed by atoms with van der Waals surface area (Å²) in [6, 6.07) is 5.53. The first-order valence-electron chi connectivity index (χ1n) is 5.08. The molecular formula is C11H12N2O2. The fraction of sp³-hybridized carbons (Fsp3) is 0.182. The maximum absolute atomic E-state index is 10.8. The average Bonchev–Trinajstić information content (AvgIpc) is 2.61. The number of aromatic nitrogens is 1. The zero-order valence-electron chi connectivity index (χ0n) is 9.03. The van der Waals surface area contributed by atoms with E-state index in [1.807, 2.05) is 24.3 Å². The number of carboxylic acid groups (broad SMARTS) is 1. The first-order chi connectivity index (χ1) is 7.50. The standard InChI is InChI=1S/C11H12N2O2/c12-9(11(14)15)5-7-6-13-10-4-2-1-3-8(7)10/h1-4,6,9,13H,5,12H2,(H,14,15)/t9-/m0/s1/i9T. The van der Waals surface area contributed by atoms with Crippen LogP contribution >= 0.6 is 0 Å². The SMILES string of the molecule is [3H][C@](N)(Cc1c[nH]c2ccccc12)C(=O)O. The molecule has 0 amide bonds. The van der Waals surface area contributed by atoms with Crippen molar-refractivity contribution in [1.82, 2.24) is 4.98 Å². The molecule has 2 aromatic rings. The van der Waals surface area contributed by atoms with Crippen molar-refractivity contribution in [3.8, 4) is 0 Å². The molecule has 1 heterocycles. The topological polar surface area (TPSA) is 79.1 Å². The molecule has 0 aliphatic heterocycles. The third-order valence-corrected chi connectivity index (χ3v) is 2.33. The molecule has 0 aliphatic rings. The van der Waals surface area contributed by atoms with E-state index in [4.69, 9.17) is 12.2 Å². The second-order valence-corrected chi connectivity index (χ2v) is 3.37. The van der Waals surface area contributed by atoms with E-state index in [0.717, 1.165) is 16.5 Å². The Morgan fingerprint density at radius 1 is 1.60 bits per heavy atom. The lowest BCUT2D eigenvalue weighted by atomic mass is 10.1. The van der Waals surface area contributed by atoms with Crippen LogP contribution in [0.5, 0.6) is 0 Å². The molecule has 0 aliphatic carbocycles. The molecule has 1 aromatic heterocycles. The Morgan fingerprint density at radius 3 is 3.07 bits per heavy atom. The van der Waals surface area contributed by atoms with E-state index in [0.29, 0.717) is 0 Å². The molecule has 0 bridgehead atoms. The average molecular weight is 206 g/mol. The highest BCUT2D eigenvalue weighted by Crippen LogP contribution is 2.18. The van der Waals surface area contributed by atoms with Crippen LogP contribution in [0.25, 0.3) is 10.9 Å². The van der Waals surface area contributed by atoms with Gasteiger partial charge < -0.3 is 15.8 Å². The van der Waals surface area contributed by atoms with Gasteiger partial charge in [0.15, 0.2) is 0 Å². The number of para-hydroxylation sites is 1. The fourth-order valence-electron chi connectivity index (χ4n) is 1.56. The van der Waals surface area contributed by atoms with Crippen molar-refractivity contribution >= 4 is 16.9 Å². The van der Waals surface area contributed by atoms with Gasteiger partial charge in [-0.3, -0.25) is 4.79 Å². The summed E-state index contributed by atoms with van der Waals surface area (Å²) in [5.74, 6) is -1.32. The van der Waals surface area contributed by atoms with E-state index in [1.54, 1.807) is 6.20 Å². The van der Waals surface area contributed by atoms with Gasteiger partial charge in [-0.25, -0.2) is 0 Å². The number of nitrogens with one attached hydrogen (secondary N) is 1. The van der Waals surface area contributed by atoms with Gasteiger partial charge in [-0.05, 0) is 11.6 Å². The number of nitrogens with two attached hydrogens (primary N) is 1. The largest absolute Gasteiger partial charge is 0.480 e. The molecule has 0 fully saturated rings. The van der Waals surface area contributed by atoms with Crippen molar-refractivity contribution in [3.63, 3.8) is 0 Å². The third-order valence-electron chi connectivity index (χ3n) is 2.33. The van der Waals surface area contributed by atoms with Crippen molar-refractivity contribution in [1.29, 1.82) is 0 Å². The number of fused-ring (bicyclic) bond motifs is 1. The molecule has 4 nitrogen and oxygen atoms in total. The van der Waals surface area contributed by atoms with Crippen molar-refractivity contribution in [2.24, 2.45) is 5.73 Å². The number of hydrogen-bond acceptors (Lipinski definition) is 2. The molecule has 0 saturated heterocycles. The predicted molar refractivity (Wildman–Crippen MR) is 57.6 cm³/mol. The third kappa shape index (κ3) is 1.85. The summed E-state index contributed by atoms with van der Waals surface area (Å²) in [4.78, 5) is 13.8. The number of rotatable bonds is 3. The first kappa shape index (κ1) is 8.49. The number of hydrogen-bond donors (Lipinski definition) is 3. The van der Waals surface area contributed by atoms with Crippen LogP contribution in [0.3, 0.4) is 0 Å². The minimum Gasteiger partial charge on any atom is -0.480 e. The smallest absolute Gasteiger partial charge is 0.320 e. The predicted octanol–water partition coefficient (Wildman–Crippen LogP) is 1.12. The van der Waals surface area contributed by atoms with Gasteiger partial charge in [0, 0.05) is 23.5 Å². The number of aromatic amines is 1. The quantitative estimate of drug-likeness (QED) is 0.704. The van der Waals surface area contributed by atoms with E-state index in [-0.39, 0.29) is 6.42 Å². The minimum absolute atomic E-state index is 0.0215. The van der Waals surface area contributed by atoms with Crippen LogP contribution in [0.1, 0.15) is 6.93 Å². The molecule has 4 heteroatoms. The molecule has 0 saturated carbocycles. The molecule has 1 aromatic carbocycles. The van der Waals surface area contributed by atoms with Crippen molar-refractivity contribution < 1.29 is 11.3 Å². The van der Waals surface area contributed by atoms with Crippen LogP contribution in [-0.2, 0) is 11.2 Å². The van der Waals surface area contributed by atoms with Gasteiger partial charge in [0.05, 0.1) is 1.37 Å². The summed E-state index contributed by atoms with van der Waals surface area (Å²) < 4.78 is 7.50. The number of carboxylic acids is 1. The number of aliphatic carboxylic acids is 1. The number of H-pyrrole nitrogens is 1. The summed E-state index contributed by atoms with van der Waals surface area (Å²) in [5.41, 5.74) is 7.06. The molecule has 0 radical (unpaired) electrons. The summed E-state index contributed by atoms with van der Waals surface area (Å²) in [6.07, 6.45) is 1.68. The van der Waals surface area contributed by atoms with Crippen LogP contribution in [0.15, 0.2) is 30.5 Å². The second kappa shape index (κ2) is 3.74. The summed E-state index contributed by atoms with van der Waals surface area (Å²) in [5, 5.41) is 9.70. The molecule has 15 heavy (non-hydrogen) atoms. The lowest BCUT2D eigenvalue weighted by Crippen LogP contribution is -2.32. The Labute approximate surface area is 88.1 Å². The Kier molecular flexibility index (Phi) is 2.12. The Balaban J connectivity index is 2.38. The zero-order valence-corrected chi connectivity index (χ0v) is 8.03. The van der Waals surface area contributed by atoms with E-state index < -0.39 is 12.0 Å². The van der Waals surface area contributed by atoms with E-state index in [9.17, 15) is 4.79 Å². The fourth-order valence-corrected chi connectivity index (χ4v) is 1.56. The molecular weight excluding hydrogens is 192 g/mol. The van der Waals surface area contributed by atoms with Crippen LogP contribution in [0.4, 0.5) is 0 Å². The number of benzene rings is 1. The molecule has 1 atom stereocenters. The first-order valence-corrected chi connectivity index (χ1v) is 4.58. The highest BCUT2D eigenvalue weighted by Gasteiger charge is 2.14. The van der Waals surface area contributed by atoms with Crippen molar-refractivity contribution in [2.45, 2.75) is 12.4 Å². The van der Waals surface area contributed by atoms with Crippen molar-refractivity contribution in [2.75, 3.05) is 0 Å². The van der Waals surface area contributed by atoms with Gasteiger partial charge >= 0.3 is 5.97 Å². The lowest BCUT2D eigenvalue weighted by Gasteiger charge is -2.04. The lowest BCUT2D eigenvalue weighted by molar-refractivity contribution is -0.138. The van der Waals surface area contributed by atoms with Gasteiger partial charge in [0.2, 0.25) is 0 Å². The Bertz CT molecular complexity index is 534. The van der Waals surface area contributed by atoms with Crippen LogP contribution in [0.2, 0.25) is 0 Å².